The normalized spacial score (nSPS) is 13.0. The second-order valence-electron chi connectivity index (χ2n) is 7.62. The maximum atomic E-state index is 7.69. The fourth-order valence-electron chi connectivity index (χ4n) is 5.22. The summed E-state index contributed by atoms with van der Waals surface area (Å²) in [5.41, 5.74) is 7.79. The van der Waals surface area contributed by atoms with Gasteiger partial charge in [0.1, 0.15) is 11.5 Å². The topological polar surface area (TPSA) is 18.5 Å². The SMILES string of the molecule is [C-]#[N+]c1cccc2c1c1cccc3c1n2-c1cccc2c1B3c1ccccc1O2. The molecular formula is C25H13BN2O. The Balaban J connectivity index is 1.76. The molecule has 2 aliphatic heterocycles. The van der Waals surface area contributed by atoms with Gasteiger partial charge in [0.25, 0.3) is 6.71 Å². The molecule has 5 aromatic rings. The molecular weight excluding hydrogens is 355 g/mol. The first-order valence-corrected chi connectivity index (χ1v) is 9.70. The van der Waals surface area contributed by atoms with Gasteiger partial charge in [-0.2, -0.15) is 0 Å². The van der Waals surface area contributed by atoms with E-state index in [4.69, 9.17) is 11.3 Å². The summed E-state index contributed by atoms with van der Waals surface area (Å²) in [6.07, 6.45) is 0. The highest BCUT2D eigenvalue weighted by Crippen LogP contribution is 2.40. The monoisotopic (exact) mass is 368 g/mol. The van der Waals surface area contributed by atoms with Gasteiger partial charge in [-0.05, 0) is 46.0 Å². The van der Waals surface area contributed by atoms with Crippen molar-refractivity contribution in [3.8, 4) is 17.2 Å². The van der Waals surface area contributed by atoms with E-state index in [9.17, 15) is 0 Å². The van der Waals surface area contributed by atoms with Crippen LogP contribution >= 0.6 is 0 Å². The summed E-state index contributed by atoms with van der Waals surface area (Å²) in [6, 6.07) is 27.1. The van der Waals surface area contributed by atoms with Gasteiger partial charge in [0.2, 0.25) is 0 Å². The molecule has 0 aliphatic carbocycles. The average molecular weight is 368 g/mol. The minimum atomic E-state index is 0.128. The van der Waals surface area contributed by atoms with E-state index in [1.165, 1.54) is 21.9 Å². The van der Waals surface area contributed by atoms with Crippen molar-refractivity contribution in [2.45, 2.75) is 0 Å². The standard InChI is InChI=1S/C25H13BN2O/c1-27-18-10-5-11-19-23(18)15-7-4-9-17-25(15)28(19)20-12-6-14-22-24(20)26(17)16-8-2-3-13-21(16)29-22/h2-14H. The minimum Gasteiger partial charge on any atom is -0.458 e. The minimum absolute atomic E-state index is 0.128. The molecule has 4 heteroatoms. The summed E-state index contributed by atoms with van der Waals surface area (Å²) in [5, 5.41) is 2.17. The molecule has 0 spiro atoms. The van der Waals surface area contributed by atoms with Crippen LogP contribution in [-0.2, 0) is 0 Å². The van der Waals surface area contributed by atoms with Gasteiger partial charge in [-0.15, -0.1) is 0 Å². The third-order valence-corrected chi connectivity index (χ3v) is 6.28. The number of aromatic nitrogens is 1. The Morgan fingerprint density at radius 2 is 1.59 bits per heavy atom. The van der Waals surface area contributed by atoms with Crippen molar-refractivity contribution in [2.75, 3.05) is 0 Å². The van der Waals surface area contributed by atoms with E-state index in [0.29, 0.717) is 5.69 Å². The molecule has 0 unspecified atom stereocenters. The first kappa shape index (κ1) is 15.0. The van der Waals surface area contributed by atoms with E-state index in [2.05, 4.69) is 64.0 Å². The molecule has 0 bridgehead atoms. The molecule has 3 nitrogen and oxygen atoms in total. The maximum Gasteiger partial charge on any atom is 0.256 e. The molecule has 2 aliphatic rings. The molecule has 0 fully saturated rings. The van der Waals surface area contributed by atoms with E-state index in [0.717, 1.165) is 33.5 Å². The summed E-state index contributed by atoms with van der Waals surface area (Å²) in [5.74, 6) is 1.84. The molecule has 3 heterocycles. The Bertz CT molecular complexity index is 1560. The van der Waals surface area contributed by atoms with Crippen LogP contribution in [0, 0.1) is 6.57 Å². The van der Waals surface area contributed by atoms with Gasteiger partial charge in [0.05, 0.1) is 6.57 Å². The lowest BCUT2D eigenvalue weighted by molar-refractivity contribution is 0.487. The van der Waals surface area contributed by atoms with E-state index < -0.39 is 0 Å². The van der Waals surface area contributed by atoms with Crippen molar-refractivity contribution >= 4 is 50.6 Å². The lowest BCUT2D eigenvalue weighted by atomic mass is 9.34. The number of fused-ring (bicyclic) bond motifs is 7. The molecule has 0 saturated heterocycles. The Kier molecular flexibility index (Phi) is 2.64. The highest BCUT2D eigenvalue weighted by atomic mass is 16.5. The highest BCUT2D eigenvalue weighted by Gasteiger charge is 2.39. The third kappa shape index (κ3) is 1.69. The van der Waals surface area contributed by atoms with Gasteiger partial charge in [-0.1, -0.05) is 54.6 Å². The number of hydrogen-bond acceptors (Lipinski definition) is 1. The number of benzene rings is 4. The zero-order valence-corrected chi connectivity index (χ0v) is 15.4. The Morgan fingerprint density at radius 3 is 2.52 bits per heavy atom. The van der Waals surface area contributed by atoms with Gasteiger partial charge in [0, 0.05) is 22.1 Å². The Hall–Kier alpha value is -3.97. The Labute approximate surface area is 167 Å². The van der Waals surface area contributed by atoms with Crippen molar-refractivity contribution in [3.63, 3.8) is 0 Å². The number of rotatable bonds is 0. The van der Waals surface area contributed by atoms with Crippen molar-refractivity contribution < 1.29 is 4.74 Å². The van der Waals surface area contributed by atoms with E-state index >= 15 is 0 Å². The second kappa shape index (κ2) is 5.09. The van der Waals surface area contributed by atoms with Gasteiger partial charge < -0.3 is 9.30 Å². The number of hydrogen-bond donors (Lipinski definition) is 0. The van der Waals surface area contributed by atoms with Crippen LogP contribution in [0.5, 0.6) is 11.5 Å². The van der Waals surface area contributed by atoms with Crippen LogP contribution in [-0.4, -0.2) is 11.3 Å². The fraction of sp³-hybridized carbons (Fsp3) is 0. The third-order valence-electron chi connectivity index (χ3n) is 6.28. The molecule has 4 aromatic carbocycles. The lowest BCUT2D eigenvalue weighted by Gasteiger charge is -2.33. The molecule has 0 saturated carbocycles. The van der Waals surface area contributed by atoms with Crippen LogP contribution in [0.2, 0.25) is 0 Å². The highest BCUT2D eigenvalue weighted by molar-refractivity contribution is 6.99. The van der Waals surface area contributed by atoms with Crippen LogP contribution < -0.4 is 21.1 Å². The van der Waals surface area contributed by atoms with Gasteiger partial charge in [-0.3, -0.25) is 0 Å². The first-order chi connectivity index (χ1) is 14.4. The zero-order chi connectivity index (χ0) is 19.1. The summed E-state index contributed by atoms with van der Waals surface area (Å²) in [4.78, 5) is 3.82. The fourth-order valence-corrected chi connectivity index (χ4v) is 5.22. The summed E-state index contributed by atoms with van der Waals surface area (Å²) >= 11 is 0. The van der Waals surface area contributed by atoms with Crippen LogP contribution in [0.4, 0.5) is 5.69 Å². The molecule has 1 aromatic heterocycles. The molecule has 0 N–H and O–H groups in total. The molecule has 7 rings (SSSR count). The van der Waals surface area contributed by atoms with E-state index in [1.807, 2.05) is 24.3 Å². The summed E-state index contributed by atoms with van der Waals surface area (Å²) in [7, 11) is 0. The largest absolute Gasteiger partial charge is 0.458 e. The van der Waals surface area contributed by atoms with E-state index in [-0.39, 0.29) is 6.71 Å². The molecule has 29 heavy (non-hydrogen) atoms. The number of ether oxygens (including phenoxy) is 1. The van der Waals surface area contributed by atoms with E-state index in [1.54, 1.807) is 0 Å². The van der Waals surface area contributed by atoms with Gasteiger partial charge in [0.15, 0.2) is 5.69 Å². The average Bonchev–Trinajstić information content (AvgIpc) is 3.12. The first-order valence-electron chi connectivity index (χ1n) is 9.70. The lowest BCUT2D eigenvalue weighted by Crippen LogP contribution is -2.58. The van der Waals surface area contributed by atoms with Crippen molar-refractivity contribution in [1.29, 1.82) is 0 Å². The van der Waals surface area contributed by atoms with Crippen LogP contribution in [0.25, 0.3) is 32.3 Å². The Morgan fingerprint density at radius 1 is 0.793 bits per heavy atom. The smallest absolute Gasteiger partial charge is 0.256 e. The van der Waals surface area contributed by atoms with Crippen molar-refractivity contribution in [2.24, 2.45) is 0 Å². The summed E-state index contributed by atoms with van der Waals surface area (Å²) in [6.45, 7) is 7.82. The van der Waals surface area contributed by atoms with Crippen molar-refractivity contribution in [1.82, 2.24) is 4.57 Å². The van der Waals surface area contributed by atoms with Crippen LogP contribution in [0.15, 0.2) is 78.9 Å². The van der Waals surface area contributed by atoms with Gasteiger partial charge in [-0.25, -0.2) is 4.85 Å². The quantitative estimate of drug-likeness (QED) is 0.289. The van der Waals surface area contributed by atoms with Crippen molar-refractivity contribution in [3.05, 3.63) is 90.3 Å². The molecule has 0 amide bonds. The molecule has 0 radical (unpaired) electrons. The maximum absolute atomic E-state index is 7.69. The molecule has 132 valence electrons. The second-order valence-corrected chi connectivity index (χ2v) is 7.62. The predicted octanol–water partition coefficient (Wildman–Crippen LogP) is 4.27. The van der Waals surface area contributed by atoms with Gasteiger partial charge >= 0.3 is 0 Å². The molecule has 0 atom stereocenters. The number of para-hydroxylation sites is 2. The zero-order valence-electron chi connectivity index (χ0n) is 15.4. The van der Waals surface area contributed by atoms with Crippen LogP contribution in [0.3, 0.4) is 0 Å². The predicted molar refractivity (Wildman–Crippen MR) is 118 cm³/mol. The summed E-state index contributed by atoms with van der Waals surface area (Å²) < 4.78 is 8.63. The number of nitrogens with zero attached hydrogens (tertiary/aromatic N) is 2. The van der Waals surface area contributed by atoms with Crippen LogP contribution in [0.1, 0.15) is 0 Å².